The minimum atomic E-state index is -0.233. The number of aromatic nitrogens is 1. The quantitative estimate of drug-likeness (QED) is 0.653. The van der Waals surface area contributed by atoms with Crippen LogP contribution in [0, 0.1) is 6.92 Å². The van der Waals surface area contributed by atoms with Crippen LogP contribution in [0.5, 0.6) is 0 Å². The monoisotopic (exact) mass is 377 g/mol. The molecule has 1 nitrogen and oxygen atoms in total. The normalized spacial score (nSPS) is 11.8. The highest BCUT2D eigenvalue weighted by Gasteiger charge is 2.31. The number of aryl methyl sites for hydroxylation is 1. The van der Waals surface area contributed by atoms with Gasteiger partial charge in [0, 0.05) is 32.7 Å². The van der Waals surface area contributed by atoms with Crippen molar-refractivity contribution in [1.82, 2.24) is 4.98 Å². The molecule has 0 aliphatic heterocycles. The highest BCUT2D eigenvalue weighted by Crippen LogP contribution is 2.33. The Bertz CT molecular complexity index is 535. The lowest BCUT2D eigenvalue weighted by Gasteiger charge is -2.29. The van der Waals surface area contributed by atoms with Crippen molar-refractivity contribution < 1.29 is 0 Å². The number of hydrogen-bond acceptors (Lipinski definition) is 2. The molecule has 0 amide bonds. The minimum Gasteiger partial charge on any atom is -0.250 e. The fourth-order valence-corrected chi connectivity index (χ4v) is 4.00. The van der Waals surface area contributed by atoms with Crippen molar-refractivity contribution in [2.75, 3.05) is 11.8 Å². The molecule has 0 atom stereocenters. The molecule has 0 spiro atoms. The van der Waals surface area contributed by atoms with E-state index in [1.165, 1.54) is 10.4 Å². The second-order valence-corrected chi connectivity index (χ2v) is 7.35. The number of benzene rings is 1. The molecular formula is C14H14BrCl2NS. The van der Waals surface area contributed by atoms with Gasteiger partial charge in [-0.1, -0.05) is 28.1 Å². The van der Waals surface area contributed by atoms with Crippen LogP contribution >= 0.6 is 50.5 Å². The van der Waals surface area contributed by atoms with Gasteiger partial charge in [-0.05, 0) is 31.0 Å². The van der Waals surface area contributed by atoms with Gasteiger partial charge in [0.2, 0.25) is 0 Å². The Morgan fingerprint density at radius 3 is 2.32 bits per heavy atom. The summed E-state index contributed by atoms with van der Waals surface area (Å²) in [6.45, 7) is 2.01. The first kappa shape index (κ1) is 15.3. The maximum absolute atomic E-state index is 6.24. The van der Waals surface area contributed by atoms with Crippen LogP contribution < -0.4 is 0 Å². The molecule has 0 unspecified atom stereocenters. The van der Waals surface area contributed by atoms with E-state index in [1.54, 1.807) is 11.3 Å². The van der Waals surface area contributed by atoms with Crippen molar-refractivity contribution in [3.63, 3.8) is 0 Å². The molecule has 0 N–H and O–H groups in total. The molecule has 0 radical (unpaired) electrons. The van der Waals surface area contributed by atoms with Gasteiger partial charge >= 0.3 is 0 Å². The van der Waals surface area contributed by atoms with Gasteiger partial charge in [0.05, 0.1) is 5.01 Å². The van der Waals surface area contributed by atoms with Crippen molar-refractivity contribution in [2.45, 2.75) is 18.8 Å². The molecular weight excluding hydrogens is 365 g/mol. The number of rotatable bonds is 5. The Hall–Kier alpha value is -0.0900. The van der Waals surface area contributed by atoms with E-state index >= 15 is 0 Å². The molecule has 1 aromatic carbocycles. The Labute approximate surface area is 136 Å². The molecule has 1 aromatic heterocycles. The number of nitrogens with zero attached hydrogens (tertiary/aromatic N) is 1. The predicted molar refractivity (Wildman–Crippen MR) is 87.8 cm³/mol. The second-order valence-electron chi connectivity index (χ2n) is 4.58. The van der Waals surface area contributed by atoms with Crippen LogP contribution in [0.15, 0.2) is 34.9 Å². The van der Waals surface area contributed by atoms with Crippen molar-refractivity contribution in [3.8, 4) is 0 Å². The molecule has 0 aliphatic carbocycles. The van der Waals surface area contributed by atoms with Crippen LogP contribution in [0.3, 0.4) is 0 Å². The summed E-state index contributed by atoms with van der Waals surface area (Å²) in [5, 5.41) is 1.07. The summed E-state index contributed by atoms with van der Waals surface area (Å²) >= 11 is 17.6. The lowest BCUT2D eigenvalue weighted by atomic mass is 9.81. The molecule has 102 valence electrons. The molecule has 0 fully saturated rings. The Morgan fingerprint density at radius 1 is 1.21 bits per heavy atom. The van der Waals surface area contributed by atoms with Gasteiger partial charge in [-0.25, -0.2) is 4.98 Å². The summed E-state index contributed by atoms with van der Waals surface area (Å²) in [4.78, 5) is 5.53. The maximum atomic E-state index is 6.24. The van der Waals surface area contributed by atoms with Crippen LogP contribution in [0.25, 0.3) is 0 Å². The fourth-order valence-electron chi connectivity index (χ4n) is 2.01. The summed E-state index contributed by atoms with van der Waals surface area (Å²) < 4.78 is 1.06. The van der Waals surface area contributed by atoms with Gasteiger partial charge in [-0.15, -0.1) is 34.5 Å². The van der Waals surface area contributed by atoms with Crippen molar-refractivity contribution in [3.05, 3.63) is 50.4 Å². The number of alkyl halides is 2. The van der Waals surface area contributed by atoms with Gasteiger partial charge in [0.25, 0.3) is 0 Å². The summed E-state index contributed by atoms with van der Waals surface area (Å²) in [5.74, 6) is 0.990. The lowest BCUT2D eigenvalue weighted by molar-refractivity contribution is 0.540. The summed E-state index contributed by atoms with van der Waals surface area (Å²) in [5.41, 5.74) is 0.940. The van der Waals surface area contributed by atoms with E-state index in [0.717, 1.165) is 15.9 Å². The third-order valence-corrected chi connectivity index (χ3v) is 5.61. The molecule has 19 heavy (non-hydrogen) atoms. The number of thiazole rings is 1. The van der Waals surface area contributed by atoms with Crippen LogP contribution in [0.1, 0.15) is 15.4 Å². The first-order chi connectivity index (χ1) is 9.09. The number of hydrogen-bond donors (Lipinski definition) is 0. The van der Waals surface area contributed by atoms with Crippen molar-refractivity contribution >= 4 is 50.5 Å². The average molecular weight is 379 g/mol. The maximum Gasteiger partial charge on any atom is 0.0896 e. The summed E-state index contributed by atoms with van der Waals surface area (Å²) in [7, 11) is 0. The van der Waals surface area contributed by atoms with Crippen molar-refractivity contribution in [2.24, 2.45) is 0 Å². The topological polar surface area (TPSA) is 12.9 Å². The first-order valence-corrected chi connectivity index (χ1v) is 8.57. The van der Waals surface area contributed by atoms with E-state index < -0.39 is 0 Å². The van der Waals surface area contributed by atoms with Crippen molar-refractivity contribution in [1.29, 1.82) is 0 Å². The zero-order valence-corrected chi connectivity index (χ0v) is 14.4. The molecule has 0 aliphatic rings. The van der Waals surface area contributed by atoms with E-state index in [4.69, 9.17) is 23.2 Å². The van der Waals surface area contributed by atoms with E-state index in [0.29, 0.717) is 11.8 Å². The number of halogens is 3. The molecule has 2 rings (SSSR count). The smallest absolute Gasteiger partial charge is 0.0896 e. The zero-order chi connectivity index (χ0) is 13.9. The van der Waals surface area contributed by atoms with Crippen LogP contribution in [0.4, 0.5) is 0 Å². The van der Waals surface area contributed by atoms with E-state index in [1.807, 2.05) is 25.3 Å². The Morgan fingerprint density at radius 2 is 1.84 bits per heavy atom. The van der Waals surface area contributed by atoms with Crippen LogP contribution in [-0.4, -0.2) is 16.7 Å². The largest absolute Gasteiger partial charge is 0.250 e. The van der Waals surface area contributed by atoms with Crippen LogP contribution in [0.2, 0.25) is 0 Å². The van der Waals surface area contributed by atoms with Crippen LogP contribution in [-0.2, 0) is 11.8 Å². The highest BCUT2D eigenvalue weighted by atomic mass is 79.9. The molecule has 2 aromatic rings. The third-order valence-electron chi connectivity index (χ3n) is 3.15. The first-order valence-electron chi connectivity index (χ1n) is 5.89. The van der Waals surface area contributed by atoms with Gasteiger partial charge in [0.1, 0.15) is 0 Å². The summed E-state index contributed by atoms with van der Waals surface area (Å²) in [6.07, 6.45) is 2.75. The lowest BCUT2D eigenvalue weighted by Crippen LogP contribution is -2.33. The van der Waals surface area contributed by atoms with Gasteiger partial charge in [0.15, 0.2) is 0 Å². The highest BCUT2D eigenvalue weighted by molar-refractivity contribution is 9.10. The van der Waals surface area contributed by atoms with Gasteiger partial charge < -0.3 is 0 Å². The summed E-state index contributed by atoms with van der Waals surface area (Å²) in [6, 6.07) is 8.23. The van der Waals surface area contributed by atoms with E-state index in [2.05, 4.69) is 33.0 Å². The third kappa shape index (κ3) is 3.52. The average Bonchev–Trinajstić information content (AvgIpc) is 2.82. The Balaban J connectivity index is 2.33. The van der Waals surface area contributed by atoms with E-state index in [9.17, 15) is 0 Å². The van der Waals surface area contributed by atoms with Gasteiger partial charge in [-0.2, -0.15) is 0 Å². The molecule has 5 heteroatoms. The van der Waals surface area contributed by atoms with Gasteiger partial charge in [-0.3, -0.25) is 0 Å². The SMILES string of the molecule is Cc1ncc(CC(CCl)(CCl)c2ccc(Br)cc2)s1. The zero-order valence-electron chi connectivity index (χ0n) is 10.5. The predicted octanol–water partition coefficient (Wildman–Crippen LogP) is 5.17. The van der Waals surface area contributed by atoms with E-state index in [-0.39, 0.29) is 5.41 Å². The molecule has 1 heterocycles. The second kappa shape index (κ2) is 6.57. The molecule has 0 saturated carbocycles. The fraction of sp³-hybridized carbons (Fsp3) is 0.357. The minimum absolute atomic E-state index is 0.233. The molecule has 0 bridgehead atoms. The molecule has 0 saturated heterocycles. The Kier molecular flexibility index (Phi) is 5.29. The standard InChI is InChI=1S/C14H14BrCl2NS/c1-10-18-7-13(19-10)6-14(8-16,9-17)11-2-4-12(15)5-3-11/h2-5,7H,6,8-9H2,1H3.